The Hall–Kier alpha value is -4.37. The van der Waals surface area contributed by atoms with Crippen molar-refractivity contribution in [1.29, 1.82) is 0 Å². The Morgan fingerprint density at radius 1 is 1.00 bits per heavy atom. The summed E-state index contributed by atoms with van der Waals surface area (Å²) in [5, 5.41) is 8.25. The van der Waals surface area contributed by atoms with E-state index in [1.807, 2.05) is 36.4 Å². The number of benzene rings is 3. The van der Waals surface area contributed by atoms with Gasteiger partial charge in [0.2, 0.25) is 6.23 Å². The molecule has 1 atom stereocenters. The largest absolute Gasteiger partial charge is 0.493 e. The topological polar surface area (TPSA) is 99.9 Å². The maximum Gasteiger partial charge on any atom is 0.345 e. The van der Waals surface area contributed by atoms with Gasteiger partial charge in [0.1, 0.15) is 11.1 Å². The molecule has 8 nitrogen and oxygen atoms in total. The van der Waals surface area contributed by atoms with E-state index in [4.69, 9.17) is 18.6 Å². The molecule has 0 aliphatic carbocycles. The van der Waals surface area contributed by atoms with Crippen LogP contribution in [-0.4, -0.2) is 25.2 Å². The van der Waals surface area contributed by atoms with Crippen LogP contribution in [0.15, 0.2) is 69.2 Å². The smallest absolute Gasteiger partial charge is 0.345 e. The second kappa shape index (κ2) is 8.14. The fourth-order valence-electron chi connectivity index (χ4n) is 4.33. The van der Waals surface area contributed by atoms with E-state index >= 15 is 0 Å². The zero-order valence-electron chi connectivity index (χ0n) is 18.7. The molecule has 3 heterocycles. The lowest BCUT2D eigenvalue weighted by Gasteiger charge is -2.13. The maximum absolute atomic E-state index is 12.7. The van der Waals surface area contributed by atoms with E-state index in [2.05, 4.69) is 10.3 Å². The molecule has 35 heavy (non-hydrogen) atoms. The van der Waals surface area contributed by atoms with Crippen LogP contribution >= 0.6 is 11.3 Å². The van der Waals surface area contributed by atoms with Gasteiger partial charge in [0.15, 0.2) is 16.6 Å². The van der Waals surface area contributed by atoms with E-state index in [-0.39, 0.29) is 0 Å². The van der Waals surface area contributed by atoms with Crippen LogP contribution in [0.25, 0.3) is 33.0 Å². The number of carbonyl (C=O) groups excluding carboxylic acids is 1. The Morgan fingerprint density at radius 3 is 2.69 bits per heavy atom. The third-order valence-corrected chi connectivity index (χ3v) is 6.74. The lowest BCUT2D eigenvalue weighted by Crippen LogP contribution is -2.10. The van der Waals surface area contributed by atoms with Crippen molar-refractivity contribution in [1.82, 2.24) is 4.98 Å². The SMILES string of the molecule is COc1ccc2c(c1OC)C(=O)OC2Nc1nc(-c2cc3c(ccc4ccccc43)oc2=O)cs1. The summed E-state index contributed by atoms with van der Waals surface area (Å²) >= 11 is 1.29. The van der Waals surface area contributed by atoms with Gasteiger partial charge in [-0.15, -0.1) is 11.3 Å². The molecule has 1 aliphatic heterocycles. The van der Waals surface area contributed by atoms with E-state index < -0.39 is 17.8 Å². The van der Waals surface area contributed by atoms with Gasteiger partial charge >= 0.3 is 11.6 Å². The van der Waals surface area contributed by atoms with Crippen LogP contribution in [0.4, 0.5) is 5.13 Å². The third kappa shape index (κ3) is 3.39. The summed E-state index contributed by atoms with van der Waals surface area (Å²) in [6, 6.07) is 16.9. The van der Waals surface area contributed by atoms with Gasteiger partial charge in [0, 0.05) is 16.3 Å². The Morgan fingerprint density at radius 2 is 1.86 bits per heavy atom. The molecule has 5 aromatic rings. The minimum atomic E-state index is -0.756. The highest BCUT2D eigenvalue weighted by Crippen LogP contribution is 2.42. The third-order valence-electron chi connectivity index (χ3n) is 5.97. The first-order chi connectivity index (χ1) is 17.1. The van der Waals surface area contributed by atoms with Crippen molar-refractivity contribution >= 4 is 44.2 Å². The standard InChI is InChI=1S/C26H18N2O6S/c1-31-20-10-8-15-21(22(20)32-2)25(30)34-23(15)28-26-27-18(12-35-26)17-11-16-14-6-4-3-5-13(14)7-9-19(16)33-24(17)29/h3-12,23H,1-2H3,(H,27,28). The van der Waals surface area contributed by atoms with Crippen molar-refractivity contribution in [3.05, 3.63) is 81.5 Å². The molecule has 0 saturated carbocycles. The maximum atomic E-state index is 12.7. The number of cyclic esters (lactones) is 1. The zero-order chi connectivity index (χ0) is 24.1. The molecular formula is C26H18N2O6S. The molecule has 174 valence electrons. The zero-order valence-corrected chi connectivity index (χ0v) is 19.5. The number of fused-ring (bicyclic) bond motifs is 4. The Labute approximate surface area is 202 Å². The number of thiazole rings is 1. The van der Waals surface area contributed by atoms with Crippen LogP contribution in [0.2, 0.25) is 0 Å². The molecule has 0 radical (unpaired) electrons. The average Bonchev–Trinajstić information content (AvgIpc) is 3.47. The van der Waals surface area contributed by atoms with Crippen molar-refractivity contribution in [3.8, 4) is 22.8 Å². The predicted octanol–water partition coefficient (Wildman–Crippen LogP) is 5.37. The van der Waals surface area contributed by atoms with Crippen molar-refractivity contribution in [2.24, 2.45) is 0 Å². The average molecular weight is 487 g/mol. The number of anilines is 1. The van der Waals surface area contributed by atoms with Gasteiger partial charge in [-0.05, 0) is 35.0 Å². The first-order valence-corrected chi connectivity index (χ1v) is 11.6. The molecule has 6 rings (SSSR count). The van der Waals surface area contributed by atoms with Crippen molar-refractivity contribution in [2.75, 3.05) is 19.5 Å². The van der Waals surface area contributed by atoms with Crippen molar-refractivity contribution in [3.63, 3.8) is 0 Å². The van der Waals surface area contributed by atoms with Crippen LogP contribution in [0.5, 0.6) is 11.5 Å². The van der Waals surface area contributed by atoms with E-state index in [1.165, 1.54) is 25.6 Å². The Balaban J connectivity index is 1.36. The fourth-order valence-corrected chi connectivity index (χ4v) is 5.06. The number of rotatable bonds is 5. The molecule has 1 N–H and O–H groups in total. The summed E-state index contributed by atoms with van der Waals surface area (Å²) in [5.74, 6) is 0.239. The highest BCUT2D eigenvalue weighted by Gasteiger charge is 2.36. The fraction of sp³-hybridized carbons (Fsp3) is 0.115. The normalized spacial score (nSPS) is 14.7. The van der Waals surface area contributed by atoms with Gasteiger partial charge < -0.3 is 23.9 Å². The summed E-state index contributed by atoms with van der Waals surface area (Å²) < 4.78 is 21.8. The van der Waals surface area contributed by atoms with Crippen LogP contribution in [0.1, 0.15) is 22.1 Å². The molecular weight excluding hydrogens is 468 g/mol. The Kier molecular flexibility index (Phi) is 4.93. The lowest BCUT2D eigenvalue weighted by molar-refractivity contribution is 0.0435. The predicted molar refractivity (Wildman–Crippen MR) is 132 cm³/mol. The van der Waals surface area contributed by atoms with E-state index in [9.17, 15) is 9.59 Å². The van der Waals surface area contributed by atoms with Crippen LogP contribution < -0.4 is 20.4 Å². The number of carbonyl (C=O) groups is 1. The van der Waals surface area contributed by atoms with E-state index in [0.29, 0.717) is 44.6 Å². The first kappa shape index (κ1) is 21.2. The summed E-state index contributed by atoms with van der Waals surface area (Å²) in [4.78, 5) is 29.9. The molecule has 2 aromatic heterocycles. The number of aromatic nitrogens is 1. The second-order valence-electron chi connectivity index (χ2n) is 7.88. The molecule has 1 aliphatic rings. The van der Waals surface area contributed by atoms with Gasteiger partial charge in [-0.25, -0.2) is 14.6 Å². The van der Waals surface area contributed by atoms with Crippen molar-refractivity contribution < 1.29 is 23.4 Å². The molecule has 9 heteroatoms. The highest BCUT2D eigenvalue weighted by molar-refractivity contribution is 7.14. The van der Waals surface area contributed by atoms with Gasteiger partial charge in [-0.2, -0.15) is 0 Å². The monoisotopic (exact) mass is 486 g/mol. The number of hydrogen-bond donors (Lipinski definition) is 1. The number of nitrogens with one attached hydrogen (secondary N) is 1. The number of esters is 1. The van der Waals surface area contributed by atoms with Gasteiger partial charge in [0.05, 0.1) is 25.5 Å². The van der Waals surface area contributed by atoms with Gasteiger partial charge in [0.25, 0.3) is 0 Å². The van der Waals surface area contributed by atoms with E-state index in [0.717, 1.165) is 16.2 Å². The molecule has 0 saturated heterocycles. The summed E-state index contributed by atoms with van der Waals surface area (Å²) in [5.41, 5.74) is 1.79. The van der Waals surface area contributed by atoms with Crippen LogP contribution in [-0.2, 0) is 4.74 Å². The van der Waals surface area contributed by atoms with Crippen LogP contribution in [0.3, 0.4) is 0 Å². The van der Waals surface area contributed by atoms with Gasteiger partial charge in [-0.3, -0.25) is 0 Å². The summed E-state index contributed by atoms with van der Waals surface area (Å²) in [6.07, 6.45) is -0.756. The van der Waals surface area contributed by atoms with Crippen LogP contribution in [0, 0.1) is 0 Å². The molecule has 0 fully saturated rings. The number of nitrogens with zero attached hydrogens (tertiary/aromatic N) is 1. The summed E-state index contributed by atoms with van der Waals surface area (Å²) in [7, 11) is 2.97. The first-order valence-electron chi connectivity index (χ1n) is 10.7. The number of hydrogen-bond acceptors (Lipinski definition) is 9. The van der Waals surface area contributed by atoms with Gasteiger partial charge in [-0.1, -0.05) is 30.3 Å². The molecule has 1 unspecified atom stereocenters. The minimum Gasteiger partial charge on any atom is -0.493 e. The number of ether oxygens (including phenoxy) is 3. The number of methoxy groups -OCH3 is 2. The summed E-state index contributed by atoms with van der Waals surface area (Å²) in [6.45, 7) is 0. The lowest BCUT2D eigenvalue weighted by atomic mass is 10.0. The molecule has 3 aromatic carbocycles. The van der Waals surface area contributed by atoms with Crippen molar-refractivity contribution in [2.45, 2.75) is 6.23 Å². The Bertz CT molecular complexity index is 1690. The minimum absolute atomic E-state index is 0.309. The second-order valence-corrected chi connectivity index (χ2v) is 8.74. The molecule has 0 amide bonds. The quantitative estimate of drug-likeness (QED) is 0.201. The molecule has 0 spiro atoms. The molecule has 0 bridgehead atoms. The highest BCUT2D eigenvalue weighted by atomic mass is 32.1. The van der Waals surface area contributed by atoms with E-state index in [1.54, 1.807) is 23.6 Å².